The van der Waals surface area contributed by atoms with Crippen LogP contribution in [0.15, 0.2) is 71.4 Å². The first-order valence-electron chi connectivity index (χ1n) is 9.10. The van der Waals surface area contributed by atoms with Crippen LogP contribution in [-0.2, 0) is 6.61 Å². The Balaban J connectivity index is 1.35. The van der Waals surface area contributed by atoms with Gasteiger partial charge < -0.3 is 14.5 Å². The van der Waals surface area contributed by atoms with Crippen molar-refractivity contribution >= 4 is 39.9 Å². The minimum absolute atomic E-state index is 0.0583. The van der Waals surface area contributed by atoms with Gasteiger partial charge in [0.2, 0.25) is 0 Å². The van der Waals surface area contributed by atoms with Crippen LogP contribution in [0.1, 0.15) is 16.1 Å². The van der Waals surface area contributed by atoms with Crippen LogP contribution in [0.5, 0.6) is 5.75 Å². The molecule has 1 amide bonds. The number of furan rings is 1. The van der Waals surface area contributed by atoms with Gasteiger partial charge in [-0.3, -0.25) is 15.1 Å². The quantitative estimate of drug-likeness (QED) is 0.435. The Kier molecular flexibility index (Phi) is 5.85. The number of fused-ring (bicyclic) bond motifs is 1. The number of halogens is 2. The largest absolute Gasteiger partial charge is 0.489 e. The summed E-state index contributed by atoms with van der Waals surface area (Å²) in [5.41, 5.74) is 1.60. The molecule has 0 spiro atoms. The smallest absolute Gasteiger partial charge is 0.293 e. The molecule has 4 aromatic rings. The number of benzene rings is 2. The molecule has 0 aliphatic heterocycles. The molecule has 156 valence electrons. The van der Waals surface area contributed by atoms with E-state index in [0.29, 0.717) is 28.0 Å². The van der Waals surface area contributed by atoms with Crippen molar-refractivity contribution in [2.45, 2.75) is 6.61 Å². The lowest BCUT2D eigenvalue weighted by molar-refractivity contribution is 0.0953. The third-order valence-electron chi connectivity index (χ3n) is 4.25. The Bertz CT molecular complexity index is 1240. The number of nitrogens with one attached hydrogen (secondary N) is 2. The third kappa shape index (κ3) is 5.01. The molecule has 2 heterocycles. The van der Waals surface area contributed by atoms with E-state index in [1.807, 2.05) is 0 Å². The Labute approximate surface area is 180 Å². The summed E-state index contributed by atoms with van der Waals surface area (Å²) in [6.45, 7) is 0.0583. The lowest BCUT2D eigenvalue weighted by Crippen LogP contribution is -2.33. The molecule has 0 aliphatic rings. The predicted molar refractivity (Wildman–Crippen MR) is 115 cm³/mol. The fourth-order valence-corrected chi connectivity index (χ4v) is 2.99. The molecule has 0 unspecified atom stereocenters. The average Bonchev–Trinajstić information content (AvgIpc) is 3.19. The zero-order valence-corrected chi connectivity index (χ0v) is 16.7. The third-order valence-corrected chi connectivity index (χ3v) is 4.45. The summed E-state index contributed by atoms with van der Waals surface area (Å²) in [7, 11) is 0. The van der Waals surface area contributed by atoms with Gasteiger partial charge in [0.25, 0.3) is 5.91 Å². The molecule has 0 atom stereocenters. The van der Waals surface area contributed by atoms with Gasteiger partial charge in [-0.05, 0) is 54.2 Å². The van der Waals surface area contributed by atoms with E-state index < -0.39 is 17.5 Å². The normalized spacial score (nSPS) is 10.6. The maximum Gasteiger partial charge on any atom is 0.293 e. The van der Waals surface area contributed by atoms with Crippen molar-refractivity contribution in [1.82, 2.24) is 10.3 Å². The summed E-state index contributed by atoms with van der Waals surface area (Å²) in [6, 6.07) is 13.6. The second-order valence-electron chi connectivity index (χ2n) is 6.50. The van der Waals surface area contributed by atoms with E-state index in [9.17, 15) is 13.6 Å². The van der Waals surface area contributed by atoms with Crippen LogP contribution in [0, 0.1) is 11.6 Å². The zero-order valence-electron chi connectivity index (χ0n) is 15.9. The first-order valence-corrected chi connectivity index (χ1v) is 9.51. The Morgan fingerprint density at radius 3 is 2.77 bits per heavy atom. The summed E-state index contributed by atoms with van der Waals surface area (Å²) >= 11 is 5.19. The monoisotopic (exact) mass is 439 g/mol. The fourth-order valence-electron chi connectivity index (χ4n) is 2.78. The number of amides is 1. The van der Waals surface area contributed by atoms with Gasteiger partial charge in [0.15, 0.2) is 22.5 Å². The molecule has 0 bridgehead atoms. The fraction of sp³-hybridized carbons (Fsp3) is 0.0455. The number of carbonyl (C=O) groups is 1. The van der Waals surface area contributed by atoms with Gasteiger partial charge in [0.05, 0.1) is 0 Å². The number of aromatic nitrogens is 1. The van der Waals surface area contributed by atoms with Crippen molar-refractivity contribution in [3.63, 3.8) is 0 Å². The summed E-state index contributed by atoms with van der Waals surface area (Å²) in [5.74, 6) is -1.76. The first kappa shape index (κ1) is 20.4. The van der Waals surface area contributed by atoms with E-state index in [-0.39, 0.29) is 17.5 Å². The second kappa shape index (κ2) is 8.88. The summed E-state index contributed by atoms with van der Waals surface area (Å²) in [4.78, 5) is 16.3. The molecule has 2 aromatic carbocycles. The highest BCUT2D eigenvalue weighted by molar-refractivity contribution is 7.80. The van der Waals surface area contributed by atoms with Crippen LogP contribution in [0.4, 0.5) is 14.5 Å². The van der Waals surface area contributed by atoms with Gasteiger partial charge in [-0.25, -0.2) is 8.78 Å². The zero-order chi connectivity index (χ0) is 21.8. The number of hydrogen-bond donors (Lipinski definition) is 2. The minimum Gasteiger partial charge on any atom is -0.489 e. The van der Waals surface area contributed by atoms with E-state index in [4.69, 9.17) is 21.4 Å². The standard InChI is InChI=1S/C22H15F2N3O3S/c23-17-5-4-13(8-18(17)24)12-29-16-3-1-2-15(10-16)26-22(31)27-21(28)20-9-14-11-25-7-6-19(14)30-20/h1-11H,12H2,(H2,26,27,28,31). The predicted octanol–water partition coefficient (Wildman–Crippen LogP) is 4.81. The summed E-state index contributed by atoms with van der Waals surface area (Å²) in [6.07, 6.45) is 3.17. The first-order chi connectivity index (χ1) is 15.0. The van der Waals surface area contributed by atoms with Crippen LogP contribution in [0.2, 0.25) is 0 Å². The molecule has 0 fully saturated rings. The Morgan fingerprint density at radius 2 is 1.97 bits per heavy atom. The number of hydrogen-bond acceptors (Lipinski definition) is 5. The SMILES string of the molecule is O=C(NC(=S)Nc1cccc(OCc2ccc(F)c(F)c2)c1)c1cc2cnccc2o1. The number of ether oxygens (including phenoxy) is 1. The molecule has 0 saturated carbocycles. The van der Waals surface area contributed by atoms with E-state index >= 15 is 0 Å². The topological polar surface area (TPSA) is 76.4 Å². The van der Waals surface area contributed by atoms with Crippen molar-refractivity contribution in [2.75, 3.05) is 5.32 Å². The Hall–Kier alpha value is -3.85. The molecule has 2 N–H and O–H groups in total. The van der Waals surface area contributed by atoms with E-state index in [0.717, 1.165) is 12.1 Å². The number of thiocarbonyl (C=S) groups is 1. The molecular formula is C22H15F2N3O3S. The van der Waals surface area contributed by atoms with Crippen LogP contribution in [0.3, 0.4) is 0 Å². The van der Waals surface area contributed by atoms with Crippen LogP contribution in [-0.4, -0.2) is 16.0 Å². The highest BCUT2D eigenvalue weighted by Gasteiger charge is 2.14. The highest BCUT2D eigenvalue weighted by Crippen LogP contribution is 2.20. The summed E-state index contributed by atoms with van der Waals surface area (Å²) < 4.78 is 37.4. The van der Waals surface area contributed by atoms with E-state index in [1.165, 1.54) is 6.07 Å². The number of pyridine rings is 1. The number of nitrogens with zero attached hydrogens (tertiary/aromatic N) is 1. The molecule has 9 heteroatoms. The minimum atomic E-state index is -0.932. The molecule has 4 rings (SSSR count). The molecule has 2 aromatic heterocycles. The highest BCUT2D eigenvalue weighted by atomic mass is 32.1. The van der Waals surface area contributed by atoms with Crippen molar-refractivity contribution in [1.29, 1.82) is 0 Å². The number of rotatable bonds is 5. The Morgan fingerprint density at radius 1 is 1.10 bits per heavy atom. The summed E-state index contributed by atoms with van der Waals surface area (Å²) in [5, 5.41) is 6.21. The number of anilines is 1. The van der Waals surface area contributed by atoms with E-state index in [1.54, 1.807) is 48.8 Å². The molecular weight excluding hydrogens is 424 g/mol. The van der Waals surface area contributed by atoms with Gasteiger partial charge in [0.1, 0.15) is 17.9 Å². The van der Waals surface area contributed by atoms with Crippen molar-refractivity contribution in [2.24, 2.45) is 0 Å². The van der Waals surface area contributed by atoms with Gasteiger partial charge in [-0.2, -0.15) is 0 Å². The van der Waals surface area contributed by atoms with Crippen molar-refractivity contribution in [3.05, 3.63) is 89.9 Å². The molecule has 0 saturated heterocycles. The van der Waals surface area contributed by atoms with Gasteiger partial charge in [-0.15, -0.1) is 0 Å². The van der Waals surface area contributed by atoms with Gasteiger partial charge in [-0.1, -0.05) is 12.1 Å². The molecule has 31 heavy (non-hydrogen) atoms. The lowest BCUT2D eigenvalue weighted by atomic mass is 10.2. The molecule has 0 aliphatic carbocycles. The van der Waals surface area contributed by atoms with Crippen molar-refractivity contribution < 1.29 is 22.7 Å². The maximum absolute atomic E-state index is 13.3. The van der Waals surface area contributed by atoms with Crippen molar-refractivity contribution in [3.8, 4) is 5.75 Å². The molecule has 6 nitrogen and oxygen atoms in total. The van der Waals surface area contributed by atoms with Crippen LogP contribution in [0.25, 0.3) is 11.0 Å². The maximum atomic E-state index is 13.3. The molecule has 0 radical (unpaired) electrons. The van der Waals surface area contributed by atoms with Gasteiger partial charge >= 0.3 is 0 Å². The lowest BCUT2D eigenvalue weighted by Gasteiger charge is -2.11. The van der Waals surface area contributed by atoms with Gasteiger partial charge in [0, 0.05) is 29.5 Å². The van der Waals surface area contributed by atoms with E-state index in [2.05, 4.69) is 15.6 Å². The van der Waals surface area contributed by atoms with Crippen LogP contribution < -0.4 is 15.4 Å². The second-order valence-corrected chi connectivity index (χ2v) is 6.91. The number of carbonyl (C=O) groups excluding carboxylic acids is 1. The van der Waals surface area contributed by atoms with Crippen LogP contribution >= 0.6 is 12.2 Å². The average molecular weight is 439 g/mol.